The van der Waals surface area contributed by atoms with Crippen LogP contribution in [0.3, 0.4) is 0 Å². The van der Waals surface area contributed by atoms with E-state index in [9.17, 15) is 17.5 Å². The molecule has 0 spiro atoms. The van der Waals surface area contributed by atoms with Gasteiger partial charge < -0.3 is 9.42 Å². The van der Waals surface area contributed by atoms with E-state index in [2.05, 4.69) is 42.9 Å². The van der Waals surface area contributed by atoms with Crippen LogP contribution in [-0.2, 0) is 14.4 Å². The number of alkyl halides is 2. The summed E-state index contributed by atoms with van der Waals surface area (Å²) >= 11 is 0. The van der Waals surface area contributed by atoms with E-state index in [-0.39, 0.29) is 17.2 Å². The maximum atomic E-state index is 13.1. The standard InChI is InChI=1S/C19H26F3N5O3S/c1-4-6-10-27(11-7-5-2)15-8-9-16(23-24-18-12-14(3)29-25-18)17(13-15)26-31(28,30-22)19(20)21/h8-9,12-13,19H,4-7,10-11H2,1-3H3. The molecule has 0 aliphatic rings. The van der Waals surface area contributed by atoms with Gasteiger partial charge in [-0.15, -0.1) is 10.2 Å². The third kappa shape index (κ3) is 7.03. The van der Waals surface area contributed by atoms with Crippen LogP contribution in [0.5, 0.6) is 0 Å². The van der Waals surface area contributed by atoms with Crippen LogP contribution in [0.15, 0.2) is 43.4 Å². The molecule has 1 atom stereocenters. The van der Waals surface area contributed by atoms with Crippen LogP contribution in [0.25, 0.3) is 0 Å². The lowest BCUT2D eigenvalue weighted by atomic mass is 10.2. The molecule has 31 heavy (non-hydrogen) atoms. The molecule has 0 fully saturated rings. The molecule has 0 N–H and O–H groups in total. The zero-order valence-electron chi connectivity index (χ0n) is 17.6. The molecule has 0 saturated heterocycles. The summed E-state index contributed by atoms with van der Waals surface area (Å²) in [6.07, 6.45) is 3.78. The quantitative estimate of drug-likeness (QED) is 0.319. The summed E-state index contributed by atoms with van der Waals surface area (Å²) in [6.45, 7) is 7.26. The van der Waals surface area contributed by atoms with Crippen LogP contribution in [0.4, 0.5) is 36.2 Å². The molecular formula is C19H26F3N5O3S. The van der Waals surface area contributed by atoms with E-state index in [0.717, 1.165) is 38.8 Å². The van der Waals surface area contributed by atoms with E-state index in [1.807, 2.05) is 0 Å². The number of benzene rings is 1. The second-order valence-corrected chi connectivity index (χ2v) is 8.49. The largest absolute Gasteiger partial charge is 0.371 e. The lowest BCUT2D eigenvalue weighted by molar-refractivity contribution is -0.000950. The third-order valence-electron chi connectivity index (χ3n) is 4.30. The van der Waals surface area contributed by atoms with E-state index in [4.69, 9.17) is 4.52 Å². The van der Waals surface area contributed by atoms with Gasteiger partial charge in [0.15, 0.2) is 0 Å². The molecule has 0 bridgehead atoms. The molecule has 0 aliphatic carbocycles. The van der Waals surface area contributed by atoms with Crippen molar-refractivity contribution in [3.8, 4) is 0 Å². The first-order valence-electron chi connectivity index (χ1n) is 9.91. The summed E-state index contributed by atoms with van der Waals surface area (Å²) in [5.41, 5.74) is 0.426. The van der Waals surface area contributed by atoms with Crippen LogP contribution >= 0.6 is 0 Å². The van der Waals surface area contributed by atoms with Crippen LogP contribution in [-0.4, -0.2) is 28.2 Å². The minimum absolute atomic E-state index is 0.000705. The van der Waals surface area contributed by atoms with Crippen molar-refractivity contribution in [2.75, 3.05) is 18.0 Å². The Labute approximate surface area is 179 Å². The molecule has 8 nitrogen and oxygen atoms in total. The minimum Gasteiger partial charge on any atom is -0.371 e. The number of halogens is 3. The predicted molar refractivity (Wildman–Crippen MR) is 112 cm³/mol. The van der Waals surface area contributed by atoms with Crippen molar-refractivity contribution in [3.63, 3.8) is 0 Å². The smallest absolute Gasteiger partial charge is 0.345 e. The third-order valence-corrected chi connectivity index (χ3v) is 5.39. The number of nitrogens with zero attached hydrogens (tertiary/aromatic N) is 5. The zero-order valence-corrected chi connectivity index (χ0v) is 18.4. The monoisotopic (exact) mass is 461 g/mol. The van der Waals surface area contributed by atoms with Crippen molar-refractivity contribution in [1.82, 2.24) is 5.16 Å². The van der Waals surface area contributed by atoms with Gasteiger partial charge in [0.1, 0.15) is 17.1 Å². The van der Waals surface area contributed by atoms with Gasteiger partial charge in [-0.1, -0.05) is 36.2 Å². The molecule has 172 valence electrons. The van der Waals surface area contributed by atoms with Crippen LogP contribution in [0.2, 0.25) is 0 Å². The summed E-state index contributed by atoms with van der Waals surface area (Å²) in [6, 6.07) is 6.15. The molecular weight excluding hydrogens is 435 g/mol. The molecule has 0 amide bonds. The van der Waals surface area contributed by atoms with Gasteiger partial charge in [0.2, 0.25) is 5.82 Å². The van der Waals surface area contributed by atoms with E-state index >= 15 is 0 Å². The normalized spacial score (nSPS) is 13.6. The molecule has 1 heterocycles. The molecule has 0 aliphatic heterocycles. The van der Waals surface area contributed by atoms with Gasteiger partial charge in [-0.2, -0.15) is 13.1 Å². The van der Waals surface area contributed by atoms with Crippen molar-refractivity contribution in [1.29, 1.82) is 0 Å². The summed E-state index contributed by atoms with van der Waals surface area (Å²) in [5.74, 6) is -3.00. The fourth-order valence-electron chi connectivity index (χ4n) is 2.66. The van der Waals surface area contributed by atoms with Crippen molar-refractivity contribution in [3.05, 3.63) is 30.0 Å². The highest BCUT2D eigenvalue weighted by Gasteiger charge is 2.26. The first-order chi connectivity index (χ1) is 14.8. The molecule has 0 radical (unpaired) electrons. The van der Waals surface area contributed by atoms with Gasteiger partial charge in [0.05, 0.1) is 0 Å². The SMILES string of the molecule is CCCCN(CCCC)c1ccc(N=Nc2cc(C)on2)c(N=S(=O)(OF)C(F)F)c1. The lowest BCUT2D eigenvalue weighted by Gasteiger charge is -2.25. The molecule has 12 heteroatoms. The molecule has 1 unspecified atom stereocenters. The Kier molecular flexibility index (Phi) is 9.44. The average Bonchev–Trinajstić information content (AvgIpc) is 3.17. The summed E-state index contributed by atoms with van der Waals surface area (Å²) in [7, 11) is -4.90. The summed E-state index contributed by atoms with van der Waals surface area (Å²) in [5, 5.41) is 11.5. The Morgan fingerprint density at radius 1 is 1.13 bits per heavy atom. The van der Waals surface area contributed by atoms with E-state index in [0.29, 0.717) is 11.4 Å². The predicted octanol–water partition coefficient (Wildman–Crippen LogP) is 6.94. The van der Waals surface area contributed by atoms with Gasteiger partial charge in [-0.3, -0.25) is 0 Å². The Balaban J connectivity index is 2.53. The summed E-state index contributed by atoms with van der Waals surface area (Å²) in [4.78, 5) is 2.06. The fraction of sp³-hybridized carbons (Fsp3) is 0.526. The first-order valence-corrected chi connectivity index (χ1v) is 11.4. The number of hydrogen-bond acceptors (Lipinski definition) is 8. The molecule has 0 saturated carbocycles. The van der Waals surface area contributed by atoms with E-state index in [1.54, 1.807) is 13.0 Å². The van der Waals surface area contributed by atoms with Gasteiger partial charge in [0.25, 0.3) is 10.0 Å². The highest BCUT2D eigenvalue weighted by Crippen LogP contribution is 2.36. The second kappa shape index (κ2) is 11.8. The fourth-order valence-corrected chi connectivity index (χ4v) is 3.24. The minimum atomic E-state index is -4.90. The van der Waals surface area contributed by atoms with E-state index in [1.165, 1.54) is 18.2 Å². The lowest BCUT2D eigenvalue weighted by Crippen LogP contribution is -2.25. The highest BCUT2D eigenvalue weighted by molar-refractivity contribution is 7.89. The average molecular weight is 462 g/mol. The number of hydrogen-bond donors (Lipinski definition) is 0. The van der Waals surface area contributed by atoms with Gasteiger partial charge in [-0.25, -0.2) is 4.21 Å². The van der Waals surface area contributed by atoms with Crippen molar-refractivity contribution in [2.24, 2.45) is 14.6 Å². The maximum absolute atomic E-state index is 13.1. The number of anilines is 1. The Morgan fingerprint density at radius 2 is 1.81 bits per heavy atom. The number of azo groups is 1. The number of unbranched alkanes of at least 4 members (excludes halogenated alkanes) is 2. The van der Waals surface area contributed by atoms with Gasteiger partial charge >= 0.3 is 5.76 Å². The number of aryl methyl sites for hydroxylation is 1. The molecule has 2 rings (SSSR count). The Hall–Kier alpha value is -2.47. The van der Waals surface area contributed by atoms with Crippen LogP contribution < -0.4 is 4.90 Å². The van der Waals surface area contributed by atoms with Crippen LogP contribution in [0, 0.1) is 6.92 Å². The summed E-state index contributed by atoms with van der Waals surface area (Å²) < 4.78 is 62.4. The first kappa shape index (κ1) is 24.8. The van der Waals surface area contributed by atoms with Crippen LogP contribution in [0.1, 0.15) is 45.3 Å². The van der Waals surface area contributed by atoms with Gasteiger partial charge in [-0.05, 0) is 42.5 Å². The number of aromatic nitrogens is 1. The van der Waals surface area contributed by atoms with Gasteiger partial charge in [0, 0.05) is 24.8 Å². The Bertz CT molecular complexity index is 982. The van der Waals surface area contributed by atoms with Crippen molar-refractivity contribution in [2.45, 2.75) is 52.2 Å². The van der Waals surface area contributed by atoms with Crippen molar-refractivity contribution >= 4 is 32.9 Å². The molecule has 1 aromatic carbocycles. The zero-order chi connectivity index (χ0) is 22.9. The molecule has 1 aromatic heterocycles. The maximum Gasteiger partial charge on any atom is 0.345 e. The second-order valence-electron chi connectivity index (χ2n) is 6.79. The van der Waals surface area contributed by atoms with E-state index < -0.39 is 15.8 Å². The van der Waals surface area contributed by atoms with Crippen molar-refractivity contribution < 1.29 is 26.4 Å². The molecule has 2 aromatic rings. The Morgan fingerprint density at radius 3 is 2.32 bits per heavy atom. The number of rotatable bonds is 12. The topological polar surface area (TPSA) is 92.6 Å². The highest BCUT2D eigenvalue weighted by atomic mass is 32.2.